The Balaban J connectivity index is 1.79. The number of hydrogen-bond donors (Lipinski definition) is 1. The lowest BCUT2D eigenvalue weighted by Crippen LogP contribution is -2.36. The molecule has 2 aliphatic heterocycles. The maximum absolute atomic E-state index is 13.1. The van der Waals surface area contributed by atoms with Crippen molar-refractivity contribution in [3.8, 4) is 5.75 Å². The minimum atomic E-state index is -3.73. The highest BCUT2D eigenvalue weighted by Crippen LogP contribution is 2.38. The number of hydrogen-bond acceptors (Lipinski definition) is 4. The average molecular weight is 344 g/mol. The molecule has 4 rings (SSSR count). The zero-order valence-corrected chi connectivity index (χ0v) is 13.8. The van der Waals surface area contributed by atoms with Crippen LogP contribution in [-0.2, 0) is 21.2 Å². The van der Waals surface area contributed by atoms with Crippen molar-refractivity contribution < 1.29 is 17.9 Å². The number of fused-ring (bicyclic) bond motifs is 2. The number of nitrogens with one attached hydrogen (secondary N) is 1. The van der Waals surface area contributed by atoms with Gasteiger partial charge in [-0.2, -0.15) is 0 Å². The van der Waals surface area contributed by atoms with Crippen molar-refractivity contribution in [1.29, 1.82) is 0 Å². The number of nitrogens with zero attached hydrogens (tertiary/aromatic N) is 1. The average Bonchev–Trinajstić information content (AvgIpc) is 2.90. The fourth-order valence-corrected chi connectivity index (χ4v) is 4.96. The van der Waals surface area contributed by atoms with Crippen LogP contribution in [0.5, 0.6) is 5.75 Å². The number of amides is 1. The molecule has 1 atom stereocenters. The van der Waals surface area contributed by atoms with Crippen LogP contribution in [0.15, 0.2) is 47.4 Å². The number of anilines is 2. The van der Waals surface area contributed by atoms with Crippen LogP contribution < -0.4 is 14.4 Å². The molecule has 1 amide bonds. The summed E-state index contributed by atoms with van der Waals surface area (Å²) in [6.45, 7) is 1.83. The van der Waals surface area contributed by atoms with Crippen molar-refractivity contribution in [2.24, 2.45) is 0 Å². The maximum Gasteiger partial charge on any atom is 0.264 e. The van der Waals surface area contributed by atoms with E-state index in [1.54, 1.807) is 6.07 Å². The second kappa shape index (κ2) is 5.24. The number of ether oxygens (including phenoxy) is 1. The van der Waals surface area contributed by atoms with E-state index in [9.17, 15) is 13.2 Å². The molecule has 0 saturated carbocycles. The molecule has 0 aromatic heterocycles. The summed E-state index contributed by atoms with van der Waals surface area (Å²) in [6, 6.07) is 11.9. The number of benzene rings is 2. The summed E-state index contributed by atoms with van der Waals surface area (Å²) in [7, 11) is -3.73. The van der Waals surface area contributed by atoms with Gasteiger partial charge in [0, 0.05) is 6.04 Å². The van der Waals surface area contributed by atoms with Crippen molar-refractivity contribution >= 4 is 27.3 Å². The molecule has 2 aromatic carbocycles. The lowest BCUT2D eigenvalue weighted by Gasteiger charge is -2.25. The van der Waals surface area contributed by atoms with Crippen LogP contribution in [0, 0.1) is 0 Å². The van der Waals surface area contributed by atoms with E-state index in [2.05, 4.69) is 5.32 Å². The maximum atomic E-state index is 13.1. The van der Waals surface area contributed by atoms with Gasteiger partial charge in [-0.15, -0.1) is 0 Å². The third-order valence-corrected chi connectivity index (χ3v) is 6.21. The quantitative estimate of drug-likeness (QED) is 0.906. The van der Waals surface area contributed by atoms with Crippen molar-refractivity contribution in [1.82, 2.24) is 0 Å². The number of carbonyl (C=O) groups is 1. The largest absolute Gasteiger partial charge is 0.482 e. The molecule has 0 aliphatic carbocycles. The first kappa shape index (κ1) is 15.0. The first-order valence-electron chi connectivity index (χ1n) is 7.66. The van der Waals surface area contributed by atoms with Gasteiger partial charge in [-0.25, -0.2) is 8.42 Å². The number of carbonyl (C=O) groups excluding carboxylic acids is 1. The van der Waals surface area contributed by atoms with Gasteiger partial charge in [0.05, 0.1) is 16.3 Å². The zero-order valence-electron chi connectivity index (χ0n) is 13.0. The van der Waals surface area contributed by atoms with Gasteiger partial charge in [0.1, 0.15) is 5.75 Å². The summed E-state index contributed by atoms with van der Waals surface area (Å²) in [4.78, 5) is 11.6. The standard InChI is InChI=1S/C17H16N2O4S/c1-11-8-12-4-2-3-5-15(12)19(11)24(21,22)13-6-7-16-14(9-13)18-17(20)10-23-16/h2-7,9,11H,8,10H2,1H3,(H,18,20). The Labute approximate surface area is 140 Å². The fourth-order valence-electron chi connectivity index (χ4n) is 3.24. The van der Waals surface area contributed by atoms with Crippen LogP contribution in [0.25, 0.3) is 0 Å². The summed E-state index contributed by atoms with van der Waals surface area (Å²) >= 11 is 0. The van der Waals surface area contributed by atoms with Crippen LogP contribution in [-0.4, -0.2) is 27.0 Å². The Hall–Kier alpha value is -2.54. The molecule has 0 saturated heterocycles. The Kier molecular flexibility index (Phi) is 3.28. The minimum Gasteiger partial charge on any atom is -0.482 e. The predicted molar refractivity (Wildman–Crippen MR) is 89.8 cm³/mol. The van der Waals surface area contributed by atoms with Gasteiger partial charge < -0.3 is 10.1 Å². The van der Waals surface area contributed by atoms with Gasteiger partial charge in [0.2, 0.25) is 0 Å². The van der Waals surface area contributed by atoms with Crippen LogP contribution in [0.2, 0.25) is 0 Å². The monoisotopic (exact) mass is 344 g/mol. The highest BCUT2D eigenvalue weighted by molar-refractivity contribution is 7.92. The molecule has 0 fully saturated rings. The Morgan fingerprint density at radius 3 is 2.83 bits per heavy atom. The molecule has 124 valence electrons. The highest BCUT2D eigenvalue weighted by Gasteiger charge is 2.36. The molecule has 0 spiro atoms. The third-order valence-electron chi connectivity index (χ3n) is 4.29. The van der Waals surface area contributed by atoms with Gasteiger partial charge in [0.25, 0.3) is 15.9 Å². The molecule has 24 heavy (non-hydrogen) atoms. The van der Waals surface area contributed by atoms with E-state index in [0.717, 1.165) is 5.56 Å². The van der Waals surface area contributed by atoms with E-state index in [1.165, 1.54) is 16.4 Å². The normalized spacial score (nSPS) is 19.3. The zero-order chi connectivity index (χ0) is 16.9. The Bertz CT molecular complexity index is 939. The summed E-state index contributed by atoms with van der Waals surface area (Å²) < 4.78 is 33.0. The van der Waals surface area contributed by atoms with Gasteiger partial charge >= 0.3 is 0 Å². The summed E-state index contributed by atoms with van der Waals surface area (Å²) in [5.41, 5.74) is 2.11. The predicted octanol–water partition coefficient (Wildman–Crippen LogP) is 2.16. The first-order chi connectivity index (χ1) is 11.5. The molecular weight excluding hydrogens is 328 g/mol. The smallest absolute Gasteiger partial charge is 0.264 e. The molecule has 2 heterocycles. The first-order valence-corrected chi connectivity index (χ1v) is 9.10. The minimum absolute atomic E-state index is 0.0599. The van der Waals surface area contributed by atoms with E-state index >= 15 is 0 Å². The van der Waals surface area contributed by atoms with Crippen molar-refractivity contribution in [2.45, 2.75) is 24.3 Å². The van der Waals surface area contributed by atoms with Crippen molar-refractivity contribution in [2.75, 3.05) is 16.2 Å². The van der Waals surface area contributed by atoms with Crippen LogP contribution in [0.1, 0.15) is 12.5 Å². The molecule has 0 bridgehead atoms. The van der Waals surface area contributed by atoms with E-state index in [-0.39, 0.29) is 23.5 Å². The second-order valence-corrected chi connectivity index (χ2v) is 7.79. The van der Waals surface area contributed by atoms with E-state index in [4.69, 9.17) is 4.74 Å². The fraction of sp³-hybridized carbons (Fsp3) is 0.235. The molecule has 2 aliphatic rings. The van der Waals surface area contributed by atoms with Gasteiger partial charge in [-0.05, 0) is 43.2 Å². The highest BCUT2D eigenvalue weighted by atomic mass is 32.2. The lowest BCUT2D eigenvalue weighted by atomic mass is 10.1. The van der Waals surface area contributed by atoms with Crippen LogP contribution in [0.4, 0.5) is 11.4 Å². The molecule has 2 aromatic rings. The molecule has 1 N–H and O–H groups in total. The van der Waals surface area contributed by atoms with Crippen LogP contribution in [0.3, 0.4) is 0 Å². The molecule has 1 unspecified atom stereocenters. The summed E-state index contributed by atoms with van der Waals surface area (Å²) in [5.74, 6) is 0.181. The van der Waals surface area contributed by atoms with Gasteiger partial charge in [0.15, 0.2) is 6.61 Å². The van der Waals surface area contributed by atoms with Crippen molar-refractivity contribution in [3.63, 3.8) is 0 Å². The Morgan fingerprint density at radius 1 is 1.21 bits per heavy atom. The van der Waals surface area contributed by atoms with Crippen LogP contribution >= 0.6 is 0 Å². The van der Waals surface area contributed by atoms with Gasteiger partial charge in [-0.3, -0.25) is 9.10 Å². The third kappa shape index (κ3) is 2.24. The number of rotatable bonds is 2. The van der Waals surface area contributed by atoms with E-state index < -0.39 is 10.0 Å². The van der Waals surface area contributed by atoms with Crippen molar-refractivity contribution in [3.05, 3.63) is 48.0 Å². The molecular formula is C17H16N2O4S. The number of sulfonamides is 1. The SMILES string of the molecule is CC1Cc2ccccc2N1S(=O)(=O)c1ccc2c(c1)NC(=O)CO2. The molecule has 7 heteroatoms. The summed E-state index contributed by atoms with van der Waals surface area (Å²) in [6.07, 6.45) is 0.681. The van der Waals surface area contributed by atoms with Gasteiger partial charge in [-0.1, -0.05) is 18.2 Å². The molecule has 0 radical (unpaired) electrons. The van der Waals surface area contributed by atoms with E-state index in [1.807, 2.05) is 31.2 Å². The van der Waals surface area contributed by atoms with E-state index in [0.29, 0.717) is 23.5 Å². The number of para-hydroxylation sites is 1. The Morgan fingerprint density at radius 2 is 2.00 bits per heavy atom. The topological polar surface area (TPSA) is 75.7 Å². The molecule has 6 nitrogen and oxygen atoms in total. The summed E-state index contributed by atoms with van der Waals surface area (Å²) in [5, 5.41) is 2.65. The second-order valence-electron chi connectivity index (χ2n) is 5.98. The lowest BCUT2D eigenvalue weighted by molar-refractivity contribution is -0.118.